The molecule has 0 fully saturated rings. The Labute approximate surface area is 107 Å². The second kappa shape index (κ2) is 6.45. The van der Waals surface area contributed by atoms with Crippen molar-refractivity contribution in [3.63, 3.8) is 0 Å². The van der Waals surface area contributed by atoms with Gasteiger partial charge in [0.25, 0.3) is 0 Å². The van der Waals surface area contributed by atoms with Gasteiger partial charge >= 0.3 is 5.97 Å². The summed E-state index contributed by atoms with van der Waals surface area (Å²) in [6.07, 6.45) is 0.738. The highest BCUT2D eigenvalue weighted by Crippen LogP contribution is 2.15. The van der Waals surface area contributed by atoms with Gasteiger partial charge in [-0.2, -0.15) is 0 Å². The smallest absolute Gasteiger partial charge is 0.333 e. The molecule has 0 atom stereocenters. The maximum Gasteiger partial charge on any atom is 0.333 e. The molecular weight excluding hydrogens is 236 g/mol. The highest BCUT2D eigenvalue weighted by atomic mass is 35.5. The molecule has 3 heteroatoms. The summed E-state index contributed by atoms with van der Waals surface area (Å²) in [7, 11) is 0. The van der Waals surface area contributed by atoms with Gasteiger partial charge in [0.05, 0.1) is 6.61 Å². The number of esters is 1. The third kappa shape index (κ3) is 4.23. The van der Waals surface area contributed by atoms with Crippen molar-refractivity contribution in [3.05, 3.63) is 46.0 Å². The van der Waals surface area contributed by atoms with Crippen LogP contribution < -0.4 is 0 Å². The first-order valence-corrected chi connectivity index (χ1v) is 6.00. The zero-order valence-electron chi connectivity index (χ0n) is 10.4. The molecule has 1 rings (SSSR count). The van der Waals surface area contributed by atoms with Crippen molar-refractivity contribution in [2.45, 2.75) is 27.2 Å². The summed E-state index contributed by atoms with van der Waals surface area (Å²) in [5, 5.41) is 0.720. The van der Waals surface area contributed by atoms with Crippen LogP contribution in [0.5, 0.6) is 0 Å². The van der Waals surface area contributed by atoms with Crippen molar-refractivity contribution < 1.29 is 9.53 Å². The standard InChI is InChI=1S/C14H17ClO2/c1-4-17-14(16)11(3)10(2)9-12-5-7-13(15)8-6-12/h5-8H,4,9H2,1-3H3/b11-10-. The summed E-state index contributed by atoms with van der Waals surface area (Å²) in [5.41, 5.74) is 2.84. The number of ether oxygens (including phenoxy) is 1. The predicted molar refractivity (Wildman–Crippen MR) is 70.2 cm³/mol. The Kier molecular flexibility index (Phi) is 5.23. The summed E-state index contributed by atoms with van der Waals surface area (Å²) >= 11 is 5.82. The van der Waals surface area contributed by atoms with Gasteiger partial charge in [-0.25, -0.2) is 4.79 Å². The normalized spacial score (nSPS) is 12.0. The molecule has 0 aliphatic carbocycles. The molecule has 0 aliphatic heterocycles. The zero-order valence-corrected chi connectivity index (χ0v) is 11.2. The fraction of sp³-hybridized carbons (Fsp3) is 0.357. The Morgan fingerprint density at radius 2 is 1.82 bits per heavy atom. The molecule has 0 amide bonds. The Morgan fingerprint density at radius 3 is 2.35 bits per heavy atom. The van der Waals surface area contributed by atoms with E-state index in [1.807, 2.05) is 31.2 Å². The van der Waals surface area contributed by atoms with Crippen molar-refractivity contribution in [1.29, 1.82) is 0 Å². The fourth-order valence-corrected chi connectivity index (χ4v) is 1.58. The first-order chi connectivity index (χ1) is 8.04. The molecule has 17 heavy (non-hydrogen) atoms. The highest BCUT2D eigenvalue weighted by Gasteiger charge is 2.08. The molecule has 1 aromatic rings. The van der Waals surface area contributed by atoms with E-state index in [2.05, 4.69) is 0 Å². The van der Waals surface area contributed by atoms with E-state index in [0.717, 1.165) is 22.6 Å². The van der Waals surface area contributed by atoms with Crippen LogP contribution in [0, 0.1) is 0 Å². The summed E-state index contributed by atoms with van der Waals surface area (Å²) < 4.78 is 4.96. The lowest BCUT2D eigenvalue weighted by Crippen LogP contribution is -2.07. The summed E-state index contributed by atoms with van der Waals surface area (Å²) in [6.45, 7) is 5.95. The van der Waals surface area contributed by atoms with E-state index in [1.54, 1.807) is 13.8 Å². The molecule has 0 aliphatic rings. The highest BCUT2D eigenvalue weighted by molar-refractivity contribution is 6.30. The predicted octanol–water partition coefficient (Wildman–Crippen LogP) is 3.78. The van der Waals surface area contributed by atoms with Gasteiger partial charge < -0.3 is 4.74 Å². The number of carbonyl (C=O) groups excluding carboxylic acids is 1. The molecule has 0 radical (unpaired) electrons. The number of allylic oxidation sites excluding steroid dienone is 1. The van der Waals surface area contributed by atoms with Crippen LogP contribution in [0.1, 0.15) is 26.3 Å². The topological polar surface area (TPSA) is 26.3 Å². The molecule has 0 saturated carbocycles. The monoisotopic (exact) mass is 252 g/mol. The molecule has 0 heterocycles. The first kappa shape index (κ1) is 13.8. The fourth-order valence-electron chi connectivity index (χ4n) is 1.45. The van der Waals surface area contributed by atoms with Crippen molar-refractivity contribution >= 4 is 17.6 Å². The minimum absolute atomic E-state index is 0.237. The molecule has 0 unspecified atom stereocenters. The van der Waals surface area contributed by atoms with E-state index in [-0.39, 0.29) is 5.97 Å². The summed E-state index contributed by atoms with van der Waals surface area (Å²) in [6, 6.07) is 7.63. The Bertz CT molecular complexity index is 418. The second-order valence-electron chi connectivity index (χ2n) is 3.93. The van der Waals surface area contributed by atoms with Crippen LogP contribution in [0.2, 0.25) is 5.02 Å². The van der Waals surface area contributed by atoms with E-state index in [4.69, 9.17) is 16.3 Å². The average molecular weight is 253 g/mol. The minimum Gasteiger partial charge on any atom is -0.463 e. The Hall–Kier alpha value is -1.28. The van der Waals surface area contributed by atoms with Crippen LogP contribution in [-0.4, -0.2) is 12.6 Å². The van der Waals surface area contributed by atoms with Crippen molar-refractivity contribution in [3.8, 4) is 0 Å². The first-order valence-electron chi connectivity index (χ1n) is 5.62. The van der Waals surface area contributed by atoms with E-state index in [9.17, 15) is 4.79 Å². The zero-order chi connectivity index (χ0) is 12.8. The lowest BCUT2D eigenvalue weighted by molar-refractivity contribution is -0.138. The van der Waals surface area contributed by atoms with Crippen LogP contribution in [0.3, 0.4) is 0 Å². The maximum absolute atomic E-state index is 11.5. The Morgan fingerprint density at radius 1 is 1.24 bits per heavy atom. The number of halogens is 1. The second-order valence-corrected chi connectivity index (χ2v) is 4.37. The van der Waals surface area contributed by atoms with Crippen molar-refractivity contribution in [2.75, 3.05) is 6.61 Å². The van der Waals surface area contributed by atoms with Gasteiger partial charge in [-0.3, -0.25) is 0 Å². The van der Waals surface area contributed by atoms with Crippen molar-refractivity contribution in [1.82, 2.24) is 0 Å². The van der Waals surface area contributed by atoms with Gasteiger partial charge in [0.2, 0.25) is 0 Å². The molecule has 0 aromatic heterocycles. The maximum atomic E-state index is 11.5. The molecule has 0 spiro atoms. The number of carbonyl (C=O) groups is 1. The average Bonchev–Trinajstić information content (AvgIpc) is 2.31. The number of rotatable bonds is 4. The van der Waals surface area contributed by atoms with Gasteiger partial charge in [0, 0.05) is 10.6 Å². The molecule has 1 aromatic carbocycles. The molecule has 0 bridgehead atoms. The van der Waals surface area contributed by atoms with E-state index in [0.29, 0.717) is 12.2 Å². The van der Waals surface area contributed by atoms with Crippen LogP contribution in [0.15, 0.2) is 35.4 Å². The van der Waals surface area contributed by atoms with Gasteiger partial charge in [0.1, 0.15) is 0 Å². The minimum atomic E-state index is -0.237. The molecule has 2 nitrogen and oxygen atoms in total. The van der Waals surface area contributed by atoms with Crippen LogP contribution in [0.25, 0.3) is 0 Å². The van der Waals surface area contributed by atoms with Crippen LogP contribution >= 0.6 is 11.6 Å². The molecule has 92 valence electrons. The van der Waals surface area contributed by atoms with Crippen LogP contribution in [-0.2, 0) is 16.0 Å². The SMILES string of the molecule is CCOC(=O)/C(C)=C(/C)Cc1ccc(Cl)cc1. The summed E-state index contributed by atoms with van der Waals surface area (Å²) in [5.74, 6) is -0.237. The van der Waals surface area contributed by atoms with Crippen LogP contribution in [0.4, 0.5) is 0 Å². The van der Waals surface area contributed by atoms with Crippen molar-refractivity contribution in [2.24, 2.45) is 0 Å². The summed E-state index contributed by atoms with van der Waals surface area (Å²) in [4.78, 5) is 11.5. The third-order valence-corrected chi connectivity index (χ3v) is 2.86. The largest absolute Gasteiger partial charge is 0.463 e. The lowest BCUT2D eigenvalue weighted by atomic mass is 10.0. The van der Waals surface area contributed by atoms with E-state index in [1.165, 1.54) is 0 Å². The van der Waals surface area contributed by atoms with E-state index < -0.39 is 0 Å². The van der Waals surface area contributed by atoms with E-state index >= 15 is 0 Å². The number of benzene rings is 1. The molecular formula is C14H17ClO2. The number of hydrogen-bond acceptors (Lipinski definition) is 2. The lowest BCUT2D eigenvalue weighted by Gasteiger charge is -2.07. The van der Waals surface area contributed by atoms with Gasteiger partial charge in [-0.15, -0.1) is 0 Å². The Balaban J connectivity index is 2.76. The molecule has 0 saturated heterocycles. The van der Waals surface area contributed by atoms with Gasteiger partial charge in [0.15, 0.2) is 0 Å². The third-order valence-electron chi connectivity index (χ3n) is 2.60. The molecule has 0 N–H and O–H groups in total. The quantitative estimate of drug-likeness (QED) is 0.602. The van der Waals surface area contributed by atoms with Gasteiger partial charge in [-0.05, 0) is 44.9 Å². The number of hydrogen-bond donors (Lipinski definition) is 0. The van der Waals surface area contributed by atoms with Gasteiger partial charge in [-0.1, -0.05) is 29.3 Å².